The van der Waals surface area contributed by atoms with Crippen LogP contribution in [0.25, 0.3) is 10.6 Å². The third-order valence-corrected chi connectivity index (χ3v) is 4.66. The first-order chi connectivity index (χ1) is 13.1. The van der Waals surface area contributed by atoms with Gasteiger partial charge in [-0.3, -0.25) is 0 Å². The molecule has 3 aromatic rings. The summed E-state index contributed by atoms with van der Waals surface area (Å²) in [5.74, 6) is 0.890. The Kier molecular flexibility index (Phi) is 5.93. The van der Waals surface area contributed by atoms with E-state index in [1.807, 2.05) is 37.3 Å². The maximum absolute atomic E-state index is 11.0. The van der Waals surface area contributed by atoms with E-state index in [-0.39, 0.29) is 5.69 Å². The molecular weight excluding hydrogens is 366 g/mol. The SMILES string of the molecule is COc1cc(-c2nc(C(=O)O)cs2)ccc1OCCOc1ccc(C)cc1. The van der Waals surface area contributed by atoms with E-state index in [2.05, 4.69) is 4.98 Å². The van der Waals surface area contributed by atoms with Crippen LogP contribution in [0, 0.1) is 6.92 Å². The quantitative estimate of drug-likeness (QED) is 0.583. The summed E-state index contributed by atoms with van der Waals surface area (Å²) in [4.78, 5) is 15.1. The van der Waals surface area contributed by atoms with E-state index in [1.54, 1.807) is 19.2 Å². The predicted octanol–water partition coefficient (Wildman–Crippen LogP) is 4.28. The van der Waals surface area contributed by atoms with E-state index in [0.717, 1.165) is 11.3 Å². The number of aromatic nitrogens is 1. The van der Waals surface area contributed by atoms with Crippen LogP contribution < -0.4 is 14.2 Å². The Bertz CT molecular complexity index is 920. The summed E-state index contributed by atoms with van der Waals surface area (Å²) in [5.41, 5.74) is 1.98. The molecule has 0 fully saturated rings. The number of carbonyl (C=O) groups is 1. The van der Waals surface area contributed by atoms with Gasteiger partial charge in [0.2, 0.25) is 0 Å². The maximum atomic E-state index is 11.0. The van der Waals surface area contributed by atoms with Crippen molar-refractivity contribution < 1.29 is 24.1 Å². The molecule has 0 saturated carbocycles. The fourth-order valence-electron chi connectivity index (χ4n) is 2.37. The Hall–Kier alpha value is -3.06. The molecule has 0 unspecified atom stereocenters. The van der Waals surface area contributed by atoms with E-state index in [1.165, 1.54) is 22.3 Å². The predicted molar refractivity (Wildman–Crippen MR) is 103 cm³/mol. The highest BCUT2D eigenvalue weighted by Gasteiger charge is 2.13. The molecule has 27 heavy (non-hydrogen) atoms. The van der Waals surface area contributed by atoms with Gasteiger partial charge < -0.3 is 19.3 Å². The molecule has 1 heterocycles. The first kappa shape index (κ1) is 18.7. The molecule has 0 spiro atoms. The van der Waals surface area contributed by atoms with Gasteiger partial charge in [0.15, 0.2) is 17.2 Å². The second-order valence-corrected chi connectivity index (χ2v) is 6.58. The summed E-state index contributed by atoms with van der Waals surface area (Å²) in [6, 6.07) is 13.2. The number of aromatic carboxylic acids is 1. The van der Waals surface area contributed by atoms with Crippen LogP contribution >= 0.6 is 11.3 Å². The van der Waals surface area contributed by atoms with Gasteiger partial charge in [0.1, 0.15) is 24.0 Å². The topological polar surface area (TPSA) is 77.9 Å². The fraction of sp³-hybridized carbons (Fsp3) is 0.200. The maximum Gasteiger partial charge on any atom is 0.355 e. The number of carboxylic acid groups (broad SMARTS) is 1. The van der Waals surface area contributed by atoms with Crippen molar-refractivity contribution in [3.8, 4) is 27.8 Å². The Morgan fingerprint density at radius 2 is 1.81 bits per heavy atom. The molecule has 0 radical (unpaired) electrons. The minimum Gasteiger partial charge on any atom is -0.493 e. The lowest BCUT2D eigenvalue weighted by atomic mass is 10.2. The fourth-order valence-corrected chi connectivity index (χ4v) is 3.16. The Balaban J connectivity index is 1.61. The van der Waals surface area contributed by atoms with Gasteiger partial charge in [-0.05, 0) is 37.3 Å². The van der Waals surface area contributed by atoms with E-state index < -0.39 is 5.97 Å². The van der Waals surface area contributed by atoms with Gasteiger partial charge in [-0.1, -0.05) is 17.7 Å². The van der Waals surface area contributed by atoms with Crippen molar-refractivity contribution in [2.24, 2.45) is 0 Å². The van der Waals surface area contributed by atoms with Crippen LogP contribution in [0.1, 0.15) is 16.1 Å². The number of nitrogens with zero attached hydrogens (tertiary/aromatic N) is 1. The van der Waals surface area contributed by atoms with E-state index in [0.29, 0.717) is 29.7 Å². The first-order valence-corrected chi connectivity index (χ1v) is 9.14. The molecule has 1 aromatic heterocycles. The zero-order chi connectivity index (χ0) is 19.2. The lowest BCUT2D eigenvalue weighted by Gasteiger charge is -2.12. The van der Waals surface area contributed by atoms with E-state index in [9.17, 15) is 4.79 Å². The van der Waals surface area contributed by atoms with Gasteiger partial charge in [0.25, 0.3) is 0 Å². The third kappa shape index (κ3) is 4.77. The van der Waals surface area contributed by atoms with Crippen molar-refractivity contribution in [1.29, 1.82) is 0 Å². The normalized spacial score (nSPS) is 10.4. The zero-order valence-corrected chi connectivity index (χ0v) is 15.8. The summed E-state index contributed by atoms with van der Waals surface area (Å²) in [7, 11) is 1.55. The van der Waals surface area contributed by atoms with Crippen molar-refractivity contribution in [2.45, 2.75) is 6.92 Å². The molecule has 0 bridgehead atoms. The molecule has 6 nitrogen and oxygen atoms in total. The second kappa shape index (κ2) is 8.55. The van der Waals surface area contributed by atoms with Crippen molar-refractivity contribution in [2.75, 3.05) is 20.3 Å². The Morgan fingerprint density at radius 1 is 1.07 bits per heavy atom. The molecule has 0 aliphatic heterocycles. The second-order valence-electron chi connectivity index (χ2n) is 5.72. The Morgan fingerprint density at radius 3 is 2.48 bits per heavy atom. The average Bonchev–Trinajstić information content (AvgIpc) is 3.17. The number of hydrogen-bond acceptors (Lipinski definition) is 6. The molecule has 140 valence electrons. The summed E-state index contributed by atoms with van der Waals surface area (Å²) in [6.45, 7) is 2.80. The highest BCUT2D eigenvalue weighted by molar-refractivity contribution is 7.13. The van der Waals surface area contributed by atoms with E-state index in [4.69, 9.17) is 19.3 Å². The number of benzene rings is 2. The minimum atomic E-state index is -1.04. The smallest absolute Gasteiger partial charge is 0.355 e. The summed E-state index contributed by atoms with van der Waals surface area (Å²) in [6.07, 6.45) is 0. The molecular formula is C20H19NO5S. The van der Waals surface area contributed by atoms with Gasteiger partial charge >= 0.3 is 5.97 Å². The lowest BCUT2D eigenvalue weighted by Crippen LogP contribution is -2.09. The van der Waals surface area contributed by atoms with Crippen molar-refractivity contribution in [3.63, 3.8) is 0 Å². The molecule has 7 heteroatoms. The van der Waals surface area contributed by atoms with Crippen LogP contribution in [0.4, 0.5) is 0 Å². The van der Waals surface area contributed by atoms with Gasteiger partial charge in [-0.2, -0.15) is 0 Å². The summed E-state index contributed by atoms with van der Waals surface area (Å²) >= 11 is 1.27. The van der Waals surface area contributed by atoms with E-state index >= 15 is 0 Å². The van der Waals surface area contributed by atoms with Crippen LogP contribution in [0.2, 0.25) is 0 Å². The molecule has 0 aliphatic rings. The first-order valence-electron chi connectivity index (χ1n) is 8.26. The monoisotopic (exact) mass is 385 g/mol. The largest absolute Gasteiger partial charge is 0.493 e. The van der Waals surface area contributed by atoms with Crippen LogP contribution in [-0.4, -0.2) is 36.4 Å². The highest BCUT2D eigenvalue weighted by atomic mass is 32.1. The number of methoxy groups -OCH3 is 1. The van der Waals surface area contributed by atoms with Crippen molar-refractivity contribution in [1.82, 2.24) is 4.98 Å². The zero-order valence-electron chi connectivity index (χ0n) is 15.0. The van der Waals surface area contributed by atoms with Crippen LogP contribution in [0.3, 0.4) is 0 Å². The number of thiazole rings is 1. The van der Waals surface area contributed by atoms with Gasteiger partial charge in [-0.25, -0.2) is 9.78 Å². The lowest BCUT2D eigenvalue weighted by molar-refractivity contribution is 0.0691. The number of carboxylic acids is 1. The van der Waals surface area contributed by atoms with Crippen LogP contribution in [0.5, 0.6) is 17.2 Å². The average molecular weight is 385 g/mol. The molecule has 3 rings (SSSR count). The Labute approximate surface area is 161 Å². The van der Waals surface area contributed by atoms with Crippen molar-refractivity contribution >= 4 is 17.3 Å². The number of rotatable bonds is 8. The standard InChI is InChI=1S/C20H19NO5S/c1-13-3-6-15(7-4-13)25-9-10-26-17-8-5-14(11-18(17)24-2)19-21-16(12-27-19)20(22)23/h3-8,11-12H,9-10H2,1-2H3,(H,22,23). The molecule has 0 amide bonds. The van der Waals surface area contributed by atoms with Gasteiger partial charge in [0, 0.05) is 10.9 Å². The number of ether oxygens (including phenoxy) is 3. The highest BCUT2D eigenvalue weighted by Crippen LogP contribution is 2.33. The van der Waals surface area contributed by atoms with Crippen LogP contribution in [0.15, 0.2) is 47.8 Å². The van der Waals surface area contributed by atoms with Crippen LogP contribution in [-0.2, 0) is 0 Å². The summed E-state index contributed by atoms with van der Waals surface area (Å²) in [5, 5.41) is 11.1. The van der Waals surface area contributed by atoms with Gasteiger partial charge in [0.05, 0.1) is 7.11 Å². The van der Waals surface area contributed by atoms with Gasteiger partial charge in [-0.15, -0.1) is 11.3 Å². The molecule has 0 atom stereocenters. The summed E-state index contributed by atoms with van der Waals surface area (Å²) < 4.78 is 16.8. The third-order valence-electron chi connectivity index (χ3n) is 3.76. The molecule has 0 saturated heterocycles. The molecule has 0 aliphatic carbocycles. The molecule has 1 N–H and O–H groups in total. The number of aryl methyl sites for hydroxylation is 1. The minimum absolute atomic E-state index is 0.0301. The van der Waals surface area contributed by atoms with Crippen molar-refractivity contribution in [3.05, 3.63) is 59.1 Å². The molecule has 2 aromatic carbocycles. The number of hydrogen-bond donors (Lipinski definition) is 1.